The summed E-state index contributed by atoms with van der Waals surface area (Å²) in [4.78, 5) is 22.0. The van der Waals surface area contributed by atoms with Gasteiger partial charge in [0.05, 0.1) is 6.10 Å². The largest absolute Gasteiger partial charge is 0.481 e. The number of benzene rings is 1. The molecule has 0 fully saturated rings. The summed E-state index contributed by atoms with van der Waals surface area (Å²) in [6, 6.07) is 6.80. The van der Waals surface area contributed by atoms with Crippen molar-refractivity contribution in [3.05, 3.63) is 29.8 Å². The fourth-order valence-corrected chi connectivity index (χ4v) is 1.50. The summed E-state index contributed by atoms with van der Waals surface area (Å²) < 4.78 is 5.02. The number of hydrogen-bond donors (Lipinski definition) is 3. The van der Waals surface area contributed by atoms with Crippen molar-refractivity contribution >= 4 is 17.7 Å². The Kier molecular flexibility index (Phi) is 6.52. The zero-order valence-corrected chi connectivity index (χ0v) is 11.7. The third-order valence-electron chi connectivity index (χ3n) is 2.79. The molecule has 0 radical (unpaired) electrons. The Bertz CT molecular complexity index is 445. The summed E-state index contributed by atoms with van der Waals surface area (Å²) in [6.45, 7) is 2.29. The van der Waals surface area contributed by atoms with Gasteiger partial charge < -0.3 is 20.5 Å². The second kappa shape index (κ2) is 8.16. The van der Waals surface area contributed by atoms with Crippen molar-refractivity contribution in [3.8, 4) is 0 Å². The fourth-order valence-electron chi connectivity index (χ4n) is 1.50. The van der Waals surface area contributed by atoms with Crippen LogP contribution in [0.3, 0.4) is 0 Å². The SMILES string of the molecule is COC(C)CNC(=O)Nc1ccc(CCC(=O)O)cc1. The quantitative estimate of drug-likeness (QED) is 0.711. The summed E-state index contributed by atoms with van der Waals surface area (Å²) in [5, 5.41) is 14.0. The van der Waals surface area contributed by atoms with Crippen molar-refractivity contribution in [2.24, 2.45) is 0 Å². The van der Waals surface area contributed by atoms with Crippen LogP contribution >= 0.6 is 0 Å². The lowest BCUT2D eigenvalue weighted by atomic mass is 10.1. The van der Waals surface area contributed by atoms with E-state index < -0.39 is 5.97 Å². The minimum atomic E-state index is -0.821. The van der Waals surface area contributed by atoms with Gasteiger partial charge in [-0.25, -0.2) is 4.79 Å². The topological polar surface area (TPSA) is 87.7 Å². The Labute approximate surface area is 118 Å². The Morgan fingerprint density at radius 1 is 1.30 bits per heavy atom. The molecule has 110 valence electrons. The maximum Gasteiger partial charge on any atom is 0.319 e. The van der Waals surface area contributed by atoms with E-state index in [0.717, 1.165) is 5.56 Å². The number of carbonyl (C=O) groups excluding carboxylic acids is 1. The highest BCUT2D eigenvalue weighted by molar-refractivity contribution is 5.89. The number of nitrogens with one attached hydrogen (secondary N) is 2. The van der Waals surface area contributed by atoms with E-state index in [1.807, 2.05) is 6.92 Å². The summed E-state index contributed by atoms with van der Waals surface area (Å²) in [7, 11) is 1.58. The predicted molar refractivity (Wildman–Crippen MR) is 75.9 cm³/mol. The van der Waals surface area contributed by atoms with E-state index in [9.17, 15) is 9.59 Å². The first kappa shape index (κ1) is 16.0. The molecule has 1 aromatic carbocycles. The molecule has 0 saturated heterocycles. The minimum absolute atomic E-state index is 0.0425. The number of amides is 2. The molecule has 2 amide bonds. The first-order valence-corrected chi connectivity index (χ1v) is 6.39. The molecule has 6 nitrogen and oxygen atoms in total. The van der Waals surface area contributed by atoms with E-state index in [1.165, 1.54) is 0 Å². The smallest absolute Gasteiger partial charge is 0.319 e. The van der Waals surface area contributed by atoms with Gasteiger partial charge in [-0.15, -0.1) is 0 Å². The molecule has 1 aromatic rings. The van der Waals surface area contributed by atoms with Gasteiger partial charge in [-0.2, -0.15) is 0 Å². The molecule has 0 bridgehead atoms. The summed E-state index contributed by atoms with van der Waals surface area (Å²) in [5.41, 5.74) is 1.58. The number of carboxylic acid groups (broad SMARTS) is 1. The van der Waals surface area contributed by atoms with Gasteiger partial charge in [0.1, 0.15) is 0 Å². The maximum absolute atomic E-state index is 11.6. The van der Waals surface area contributed by atoms with Crippen molar-refractivity contribution in [2.45, 2.75) is 25.9 Å². The molecule has 20 heavy (non-hydrogen) atoms. The Hall–Kier alpha value is -2.08. The first-order chi connectivity index (χ1) is 9.51. The van der Waals surface area contributed by atoms with Crippen LogP contribution in [0.15, 0.2) is 24.3 Å². The van der Waals surface area contributed by atoms with Crippen LogP contribution in [-0.4, -0.2) is 36.9 Å². The van der Waals surface area contributed by atoms with Crippen molar-refractivity contribution < 1.29 is 19.4 Å². The molecular weight excluding hydrogens is 260 g/mol. The molecule has 0 aromatic heterocycles. The highest BCUT2D eigenvalue weighted by Crippen LogP contribution is 2.11. The number of aryl methyl sites for hydroxylation is 1. The highest BCUT2D eigenvalue weighted by atomic mass is 16.5. The average Bonchev–Trinajstić information content (AvgIpc) is 2.44. The number of carbonyl (C=O) groups is 2. The molecule has 0 heterocycles. The second-order valence-electron chi connectivity index (χ2n) is 4.47. The zero-order valence-electron chi connectivity index (χ0n) is 11.7. The standard InChI is InChI=1S/C14H20N2O4/c1-10(20-2)9-15-14(19)16-12-6-3-11(4-7-12)5-8-13(17)18/h3-4,6-7,10H,5,8-9H2,1-2H3,(H,17,18)(H2,15,16,19). The molecule has 0 aliphatic heterocycles. The molecule has 0 aliphatic carbocycles. The molecule has 1 unspecified atom stereocenters. The predicted octanol–water partition coefficient (Wildman–Crippen LogP) is 1.86. The van der Waals surface area contributed by atoms with Gasteiger partial charge in [-0.3, -0.25) is 4.79 Å². The molecule has 0 saturated carbocycles. The number of aliphatic carboxylic acids is 1. The van der Waals surface area contributed by atoms with E-state index in [1.54, 1.807) is 31.4 Å². The number of ether oxygens (including phenoxy) is 1. The van der Waals surface area contributed by atoms with Crippen LogP contribution in [0.1, 0.15) is 18.9 Å². The normalized spacial score (nSPS) is 11.7. The highest BCUT2D eigenvalue weighted by Gasteiger charge is 2.05. The Balaban J connectivity index is 2.40. The van der Waals surface area contributed by atoms with Crippen LogP contribution in [0.4, 0.5) is 10.5 Å². The van der Waals surface area contributed by atoms with Crippen LogP contribution in [-0.2, 0) is 16.0 Å². The van der Waals surface area contributed by atoms with Crippen LogP contribution in [0.2, 0.25) is 0 Å². The molecule has 1 atom stereocenters. The van der Waals surface area contributed by atoms with Crippen LogP contribution < -0.4 is 10.6 Å². The van der Waals surface area contributed by atoms with Gasteiger partial charge in [0.15, 0.2) is 0 Å². The van der Waals surface area contributed by atoms with Crippen molar-refractivity contribution in [1.29, 1.82) is 0 Å². The van der Waals surface area contributed by atoms with Crippen LogP contribution in [0, 0.1) is 0 Å². The zero-order chi connectivity index (χ0) is 15.0. The van der Waals surface area contributed by atoms with Crippen molar-refractivity contribution in [2.75, 3.05) is 19.0 Å². The van der Waals surface area contributed by atoms with Crippen LogP contribution in [0.25, 0.3) is 0 Å². The Morgan fingerprint density at radius 2 is 1.95 bits per heavy atom. The second-order valence-corrected chi connectivity index (χ2v) is 4.47. The number of carboxylic acids is 1. The maximum atomic E-state index is 11.6. The number of rotatable bonds is 7. The van der Waals surface area contributed by atoms with Gasteiger partial charge in [0, 0.05) is 25.8 Å². The van der Waals surface area contributed by atoms with Gasteiger partial charge in [0.2, 0.25) is 0 Å². The minimum Gasteiger partial charge on any atom is -0.481 e. The Morgan fingerprint density at radius 3 is 2.50 bits per heavy atom. The fraction of sp³-hybridized carbons (Fsp3) is 0.429. The average molecular weight is 280 g/mol. The van der Waals surface area contributed by atoms with E-state index in [0.29, 0.717) is 18.7 Å². The first-order valence-electron chi connectivity index (χ1n) is 6.39. The molecule has 0 spiro atoms. The van der Waals surface area contributed by atoms with Gasteiger partial charge >= 0.3 is 12.0 Å². The molecule has 6 heteroatoms. The summed E-state index contributed by atoms with van der Waals surface area (Å²) in [5.74, 6) is -0.821. The summed E-state index contributed by atoms with van der Waals surface area (Å²) >= 11 is 0. The van der Waals surface area contributed by atoms with E-state index in [4.69, 9.17) is 9.84 Å². The number of hydrogen-bond acceptors (Lipinski definition) is 3. The van der Waals surface area contributed by atoms with Crippen molar-refractivity contribution in [1.82, 2.24) is 5.32 Å². The van der Waals surface area contributed by atoms with Gasteiger partial charge in [-0.05, 0) is 31.0 Å². The number of anilines is 1. The van der Waals surface area contributed by atoms with Crippen LogP contribution in [0.5, 0.6) is 0 Å². The summed E-state index contributed by atoms with van der Waals surface area (Å²) in [6.07, 6.45) is 0.536. The van der Waals surface area contributed by atoms with Gasteiger partial charge in [-0.1, -0.05) is 12.1 Å². The van der Waals surface area contributed by atoms with E-state index >= 15 is 0 Å². The van der Waals surface area contributed by atoms with Crippen molar-refractivity contribution in [3.63, 3.8) is 0 Å². The molecule has 3 N–H and O–H groups in total. The monoisotopic (exact) mass is 280 g/mol. The lowest BCUT2D eigenvalue weighted by Gasteiger charge is -2.12. The third-order valence-corrected chi connectivity index (χ3v) is 2.79. The number of methoxy groups -OCH3 is 1. The lowest BCUT2D eigenvalue weighted by Crippen LogP contribution is -2.34. The third kappa shape index (κ3) is 6.19. The molecule has 1 rings (SSSR count). The number of urea groups is 1. The molecule has 0 aliphatic rings. The van der Waals surface area contributed by atoms with E-state index in [-0.39, 0.29) is 18.6 Å². The lowest BCUT2D eigenvalue weighted by molar-refractivity contribution is -0.136. The van der Waals surface area contributed by atoms with E-state index in [2.05, 4.69) is 10.6 Å². The van der Waals surface area contributed by atoms with Gasteiger partial charge in [0.25, 0.3) is 0 Å². The molecular formula is C14H20N2O4.